The van der Waals surface area contributed by atoms with E-state index in [1.807, 2.05) is 24.3 Å². The van der Waals surface area contributed by atoms with E-state index in [2.05, 4.69) is 62.5 Å². The zero-order valence-electron chi connectivity index (χ0n) is 15.9. The first-order chi connectivity index (χ1) is 12.4. The fourth-order valence-electron chi connectivity index (χ4n) is 2.76. The number of allylic oxidation sites excluding steroid dienone is 3. The van der Waals surface area contributed by atoms with Gasteiger partial charge in [-0.2, -0.15) is 0 Å². The molecular formula is C23H28O2Si. The number of hydrogen-bond acceptors (Lipinski definition) is 2. The second-order valence-electron chi connectivity index (χ2n) is 7.41. The van der Waals surface area contributed by atoms with Crippen molar-refractivity contribution in [2.24, 2.45) is 5.92 Å². The number of rotatable bonds is 8. The smallest absolute Gasteiger partial charge is 0.335 e. The van der Waals surface area contributed by atoms with Gasteiger partial charge in [-0.05, 0) is 30.1 Å². The van der Waals surface area contributed by atoms with Crippen LogP contribution in [0.2, 0.25) is 19.1 Å². The molecule has 0 aliphatic carbocycles. The molecule has 0 radical (unpaired) electrons. The topological polar surface area (TPSA) is 26.3 Å². The van der Waals surface area contributed by atoms with E-state index in [4.69, 9.17) is 4.74 Å². The van der Waals surface area contributed by atoms with Crippen molar-refractivity contribution >= 4 is 14.0 Å². The summed E-state index contributed by atoms with van der Waals surface area (Å²) in [5.74, 6) is 0.439. The summed E-state index contributed by atoms with van der Waals surface area (Å²) in [6.45, 7) is 6.92. The minimum Gasteiger partial charge on any atom is -0.423 e. The fourth-order valence-corrected chi connectivity index (χ4v) is 5.01. The van der Waals surface area contributed by atoms with Crippen LogP contribution < -0.4 is 4.74 Å². The quantitative estimate of drug-likeness (QED) is 0.194. The van der Waals surface area contributed by atoms with Crippen molar-refractivity contribution in [3.63, 3.8) is 0 Å². The number of esters is 1. The number of para-hydroxylation sites is 1. The summed E-state index contributed by atoms with van der Waals surface area (Å²) in [5.41, 5.74) is 1.43. The molecule has 1 atom stereocenters. The lowest BCUT2D eigenvalue weighted by molar-refractivity contribution is -0.129. The van der Waals surface area contributed by atoms with E-state index in [0.717, 1.165) is 6.04 Å². The molecule has 0 saturated heterocycles. The Hall–Kier alpha value is -2.39. The van der Waals surface area contributed by atoms with Gasteiger partial charge < -0.3 is 4.74 Å². The van der Waals surface area contributed by atoms with Crippen LogP contribution in [0.3, 0.4) is 0 Å². The third-order valence-electron chi connectivity index (χ3n) is 4.13. The predicted molar refractivity (Wildman–Crippen MR) is 112 cm³/mol. The molecule has 0 heterocycles. The van der Waals surface area contributed by atoms with Gasteiger partial charge in [0.1, 0.15) is 5.75 Å². The van der Waals surface area contributed by atoms with Gasteiger partial charge in [-0.1, -0.05) is 92.3 Å². The zero-order valence-corrected chi connectivity index (χ0v) is 16.9. The summed E-state index contributed by atoms with van der Waals surface area (Å²) in [6.07, 6.45) is 7.83. The van der Waals surface area contributed by atoms with Crippen LogP contribution in [0.5, 0.6) is 5.75 Å². The monoisotopic (exact) mass is 364 g/mol. The maximum Gasteiger partial charge on any atom is 0.335 e. The number of hydrogen-bond donors (Lipinski definition) is 0. The second-order valence-corrected chi connectivity index (χ2v) is 12.5. The highest BCUT2D eigenvalue weighted by Crippen LogP contribution is 2.18. The number of ether oxygens (including phenoxy) is 1. The van der Waals surface area contributed by atoms with Gasteiger partial charge in [-0.15, -0.1) is 0 Å². The number of carbonyl (C=O) groups excluding carboxylic acids is 1. The minimum absolute atomic E-state index is 0.208. The third kappa shape index (κ3) is 7.66. The van der Waals surface area contributed by atoms with Gasteiger partial charge >= 0.3 is 5.97 Å². The van der Waals surface area contributed by atoms with Crippen LogP contribution in [-0.4, -0.2) is 14.0 Å². The van der Waals surface area contributed by atoms with Gasteiger partial charge in [0.05, 0.1) is 8.07 Å². The molecule has 0 N–H and O–H groups in total. The Morgan fingerprint density at radius 2 is 1.62 bits per heavy atom. The van der Waals surface area contributed by atoms with E-state index in [9.17, 15) is 4.79 Å². The number of benzene rings is 2. The highest BCUT2D eigenvalue weighted by Gasteiger charge is 2.19. The van der Waals surface area contributed by atoms with Gasteiger partial charge in [0, 0.05) is 6.08 Å². The Kier molecular flexibility index (Phi) is 7.61. The van der Waals surface area contributed by atoms with Crippen molar-refractivity contribution < 1.29 is 9.53 Å². The molecule has 0 amide bonds. The summed E-state index contributed by atoms with van der Waals surface area (Å²) in [5, 5.41) is 0. The molecule has 1 unspecified atom stereocenters. The average Bonchev–Trinajstić information content (AvgIpc) is 2.61. The minimum atomic E-state index is -1.31. The van der Waals surface area contributed by atoms with E-state index < -0.39 is 8.07 Å². The summed E-state index contributed by atoms with van der Waals surface area (Å²) >= 11 is 0. The summed E-state index contributed by atoms with van der Waals surface area (Å²) in [6, 6.07) is 22.1. The van der Waals surface area contributed by atoms with Crippen molar-refractivity contribution in [2.75, 3.05) is 0 Å². The maximum absolute atomic E-state index is 11.8. The average molecular weight is 365 g/mol. The van der Waals surface area contributed by atoms with Crippen LogP contribution in [0.15, 0.2) is 85.0 Å². The summed E-state index contributed by atoms with van der Waals surface area (Å²) in [4.78, 5) is 11.8. The molecule has 3 heteroatoms. The van der Waals surface area contributed by atoms with Gasteiger partial charge in [-0.3, -0.25) is 0 Å². The zero-order chi connectivity index (χ0) is 18.8. The van der Waals surface area contributed by atoms with Crippen molar-refractivity contribution in [1.82, 2.24) is 0 Å². The van der Waals surface area contributed by atoms with Crippen molar-refractivity contribution in [3.8, 4) is 5.75 Å². The fraction of sp³-hybridized carbons (Fsp3) is 0.261. The highest BCUT2D eigenvalue weighted by atomic mass is 28.3. The Morgan fingerprint density at radius 1 is 1.00 bits per heavy atom. The maximum atomic E-state index is 11.8. The molecular weight excluding hydrogens is 336 g/mol. The van der Waals surface area contributed by atoms with Crippen molar-refractivity contribution in [3.05, 3.63) is 90.5 Å². The molecule has 136 valence electrons. The molecule has 0 aromatic heterocycles. The lowest BCUT2D eigenvalue weighted by Gasteiger charge is -2.20. The second kappa shape index (κ2) is 9.93. The molecule has 0 spiro atoms. The van der Waals surface area contributed by atoms with E-state index in [1.54, 1.807) is 12.1 Å². The Bertz CT molecular complexity index is 733. The van der Waals surface area contributed by atoms with Crippen LogP contribution in [0.4, 0.5) is 0 Å². The van der Waals surface area contributed by atoms with Crippen LogP contribution in [0.1, 0.15) is 12.5 Å². The Labute approximate surface area is 158 Å². The van der Waals surface area contributed by atoms with Crippen molar-refractivity contribution in [1.29, 1.82) is 0 Å². The van der Waals surface area contributed by atoms with Gasteiger partial charge in [0.25, 0.3) is 0 Å². The first kappa shape index (κ1) is 19.9. The molecule has 2 nitrogen and oxygen atoms in total. The van der Waals surface area contributed by atoms with Gasteiger partial charge in [0.15, 0.2) is 0 Å². The molecule has 2 aromatic carbocycles. The largest absolute Gasteiger partial charge is 0.423 e. The molecule has 0 aliphatic rings. The first-order valence-corrected chi connectivity index (χ1v) is 12.5. The van der Waals surface area contributed by atoms with Crippen LogP contribution in [-0.2, 0) is 10.8 Å². The SMILES string of the molecule is CC(/C=C\C[Si](C)(C)Cc1ccccc1)/C=C/C(=O)Oc1ccccc1. The van der Waals surface area contributed by atoms with E-state index >= 15 is 0 Å². The van der Waals surface area contributed by atoms with Gasteiger partial charge in [0.2, 0.25) is 0 Å². The molecule has 26 heavy (non-hydrogen) atoms. The standard InChI is InChI=1S/C23H28O2Si/c1-20(16-17-23(24)25-22-14-8-5-9-15-22)11-10-18-26(2,3)19-21-12-6-4-7-13-21/h4-17,20H,18-19H2,1-3H3/b11-10-,17-16+. The van der Waals surface area contributed by atoms with Gasteiger partial charge in [-0.25, -0.2) is 4.79 Å². The molecule has 0 saturated carbocycles. The Morgan fingerprint density at radius 3 is 2.27 bits per heavy atom. The van der Waals surface area contributed by atoms with E-state index in [0.29, 0.717) is 5.75 Å². The molecule has 2 rings (SSSR count). The molecule has 0 bridgehead atoms. The van der Waals surface area contributed by atoms with Crippen LogP contribution in [0, 0.1) is 5.92 Å². The Balaban J connectivity index is 1.79. The van der Waals surface area contributed by atoms with Crippen LogP contribution >= 0.6 is 0 Å². The third-order valence-corrected chi connectivity index (χ3v) is 6.84. The molecule has 2 aromatic rings. The van der Waals surface area contributed by atoms with E-state index in [-0.39, 0.29) is 11.9 Å². The summed E-state index contributed by atoms with van der Waals surface area (Å²) in [7, 11) is -1.31. The molecule has 0 aliphatic heterocycles. The van der Waals surface area contributed by atoms with Crippen LogP contribution in [0.25, 0.3) is 0 Å². The lowest BCUT2D eigenvalue weighted by atomic mass is 10.1. The number of carbonyl (C=O) groups is 1. The first-order valence-electron chi connectivity index (χ1n) is 9.10. The normalized spacial score (nSPS) is 13.2. The van der Waals surface area contributed by atoms with E-state index in [1.165, 1.54) is 17.7 Å². The summed E-state index contributed by atoms with van der Waals surface area (Å²) < 4.78 is 5.25. The predicted octanol–water partition coefficient (Wildman–Crippen LogP) is 5.83. The van der Waals surface area contributed by atoms with Crippen molar-refractivity contribution in [2.45, 2.75) is 32.1 Å². The molecule has 0 fully saturated rings. The lowest BCUT2D eigenvalue weighted by Crippen LogP contribution is -2.28. The highest BCUT2D eigenvalue weighted by molar-refractivity contribution is 6.77.